The van der Waals surface area contributed by atoms with Crippen LogP contribution in [0.4, 0.5) is 0 Å². The van der Waals surface area contributed by atoms with Gasteiger partial charge in [-0.2, -0.15) is 5.26 Å². The fourth-order valence-electron chi connectivity index (χ4n) is 2.14. The van der Waals surface area contributed by atoms with Crippen LogP contribution in [0.1, 0.15) is 25.5 Å². The van der Waals surface area contributed by atoms with Gasteiger partial charge in [0, 0.05) is 5.70 Å². The molecule has 0 radical (unpaired) electrons. The number of rotatable bonds is 3. The molecule has 6 nitrogen and oxygen atoms in total. The van der Waals surface area contributed by atoms with E-state index < -0.39 is 12.0 Å². The van der Waals surface area contributed by atoms with E-state index in [1.807, 2.05) is 36.5 Å². The van der Waals surface area contributed by atoms with Gasteiger partial charge in [0.25, 0.3) is 0 Å². The minimum absolute atomic E-state index is 0.296. The summed E-state index contributed by atoms with van der Waals surface area (Å²) >= 11 is 0. The molecular weight excluding hydrogens is 268 g/mol. The van der Waals surface area contributed by atoms with Crippen LogP contribution in [0.15, 0.2) is 46.6 Å². The first-order valence-electron chi connectivity index (χ1n) is 6.60. The van der Waals surface area contributed by atoms with Gasteiger partial charge in [0.1, 0.15) is 6.04 Å². The Labute approximate surface area is 123 Å². The van der Waals surface area contributed by atoms with E-state index in [0.29, 0.717) is 23.8 Å². The monoisotopic (exact) mass is 284 g/mol. The van der Waals surface area contributed by atoms with Crippen molar-refractivity contribution in [2.45, 2.75) is 19.9 Å². The standard InChI is InChI=1S/C15H16N4O2/c1-3-21-14(20)12-10(2)18-15(17-9-16)19-13(12)11-7-5-4-6-8-11/h4-8,13H,3H2,1-2H3,(H2,17,18,19)/t13-/m1/s1. The van der Waals surface area contributed by atoms with Gasteiger partial charge in [-0.05, 0) is 19.4 Å². The summed E-state index contributed by atoms with van der Waals surface area (Å²) in [5.74, 6) is -0.0898. The summed E-state index contributed by atoms with van der Waals surface area (Å²) in [7, 11) is 0. The summed E-state index contributed by atoms with van der Waals surface area (Å²) in [5, 5.41) is 14.1. The van der Waals surface area contributed by atoms with Crippen LogP contribution in [0.25, 0.3) is 0 Å². The lowest BCUT2D eigenvalue weighted by Gasteiger charge is -2.25. The van der Waals surface area contributed by atoms with Crippen molar-refractivity contribution in [1.82, 2.24) is 10.6 Å². The second-order valence-corrected chi connectivity index (χ2v) is 4.41. The number of nitriles is 1. The zero-order chi connectivity index (χ0) is 15.2. The number of hydrogen-bond acceptors (Lipinski definition) is 6. The minimum Gasteiger partial charge on any atom is -0.463 e. The van der Waals surface area contributed by atoms with E-state index in [-0.39, 0.29) is 0 Å². The highest BCUT2D eigenvalue weighted by atomic mass is 16.5. The van der Waals surface area contributed by atoms with E-state index in [1.54, 1.807) is 13.8 Å². The SMILES string of the molecule is CCOC(=O)C1=C(C)NC(NC#N)=N[C@@H]1c1ccccc1. The van der Waals surface area contributed by atoms with Crippen molar-refractivity contribution in [3.05, 3.63) is 47.2 Å². The molecule has 1 aromatic carbocycles. The summed E-state index contributed by atoms with van der Waals surface area (Å²) in [4.78, 5) is 16.6. The maximum absolute atomic E-state index is 12.2. The summed E-state index contributed by atoms with van der Waals surface area (Å²) in [6.45, 7) is 3.81. The van der Waals surface area contributed by atoms with Gasteiger partial charge in [-0.3, -0.25) is 5.32 Å². The molecule has 1 aliphatic heterocycles. The number of carbonyl (C=O) groups is 1. The van der Waals surface area contributed by atoms with Crippen LogP contribution in [-0.2, 0) is 9.53 Å². The molecule has 0 unspecified atom stereocenters. The van der Waals surface area contributed by atoms with E-state index in [4.69, 9.17) is 10.00 Å². The Morgan fingerprint density at radius 1 is 1.48 bits per heavy atom. The zero-order valence-electron chi connectivity index (χ0n) is 11.9. The van der Waals surface area contributed by atoms with Crippen molar-refractivity contribution in [2.75, 3.05) is 6.61 Å². The third kappa shape index (κ3) is 3.20. The molecule has 0 saturated carbocycles. The van der Waals surface area contributed by atoms with E-state index >= 15 is 0 Å². The second kappa shape index (κ2) is 6.57. The lowest BCUT2D eigenvalue weighted by Crippen LogP contribution is -2.39. The molecule has 2 N–H and O–H groups in total. The Morgan fingerprint density at radius 3 is 2.81 bits per heavy atom. The maximum atomic E-state index is 12.2. The Kier molecular flexibility index (Phi) is 4.57. The normalized spacial score (nSPS) is 17.4. The number of nitrogens with one attached hydrogen (secondary N) is 2. The van der Waals surface area contributed by atoms with Crippen LogP contribution in [0, 0.1) is 11.5 Å². The Hall–Kier alpha value is -2.81. The number of hydrogen-bond donors (Lipinski definition) is 2. The molecule has 0 saturated heterocycles. The molecule has 0 aromatic heterocycles. The first kappa shape index (κ1) is 14.6. The average molecular weight is 284 g/mol. The quantitative estimate of drug-likeness (QED) is 0.500. The third-order valence-corrected chi connectivity index (χ3v) is 3.03. The molecule has 0 spiro atoms. The molecule has 2 rings (SSSR count). The average Bonchev–Trinajstić information content (AvgIpc) is 2.48. The van der Waals surface area contributed by atoms with Crippen molar-refractivity contribution in [1.29, 1.82) is 5.26 Å². The number of nitrogens with zero attached hydrogens (tertiary/aromatic N) is 2. The number of aliphatic imine (C=N–C) groups is 1. The predicted octanol–water partition coefficient (Wildman–Crippen LogP) is 1.59. The molecule has 1 atom stereocenters. The Bertz CT molecular complexity index is 629. The minimum atomic E-state index is -0.498. The molecule has 1 aliphatic rings. The summed E-state index contributed by atoms with van der Waals surface area (Å²) in [5.41, 5.74) is 1.93. The van der Waals surface area contributed by atoms with Gasteiger partial charge in [-0.1, -0.05) is 30.3 Å². The highest BCUT2D eigenvalue weighted by Crippen LogP contribution is 2.30. The number of ether oxygens (including phenoxy) is 1. The van der Waals surface area contributed by atoms with E-state index in [9.17, 15) is 4.79 Å². The molecule has 108 valence electrons. The topological polar surface area (TPSA) is 86.5 Å². The van der Waals surface area contributed by atoms with Crippen molar-refractivity contribution in [2.24, 2.45) is 4.99 Å². The van der Waals surface area contributed by atoms with Gasteiger partial charge >= 0.3 is 5.97 Å². The molecule has 1 aromatic rings. The first-order valence-corrected chi connectivity index (χ1v) is 6.60. The van der Waals surface area contributed by atoms with Crippen molar-refractivity contribution >= 4 is 11.9 Å². The Balaban J connectivity index is 2.44. The third-order valence-electron chi connectivity index (χ3n) is 3.03. The van der Waals surface area contributed by atoms with Gasteiger partial charge in [0.15, 0.2) is 6.19 Å². The van der Waals surface area contributed by atoms with E-state index in [1.165, 1.54) is 0 Å². The fourth-order valence-corrected chi connectivity index (χ4v) is 2.14. The van der Waals surface area contributed by atoms with Gasteiger partial charge in [-0.25, -0.2) is 9.79 Å². The Morgan fingerprint density at radius 2 is 2.19 bits per heavy atom. The van der Waals surface area contributed by atoms with Gasteiger partial charge in [0.2, 0.25) is 5.96 Å². The summed E-state index contributed by atoms with van der Waals surface area (Å²) < 4.78 is 5.11. The molecule has 6 heteroatoms. The van der Waals surface area contributed by atoms with Crippen LogP contribution >= 0.6 is 0 Å². The van der Waals surface area contributed by atoms with E-state index in [2.05, 4.69) is 15.6 Å². The smallest absolute Gasteiger partial charge is 0.338 e. The second-order valence-electron chi connectivity index (χ2n) is 4.41. The van der Waals surface area contributed by atoms with Crippen LogP contribution in [0.3, 0.4) is 0 Å². The molecule has 0 bridgehead atoms. The maximum Gasteiger partial charge on any atom is 0.338 e. The van der Waals surface area contributed by atoms with Crippen LogP contribution in [0.2, 0.25) is 0 Å². The number of benzene rings is 1. The lowest BCUT2D eigenvalue weighted by molar-refractivity contribution is -0.138. The predicted molar refractivity (Wildman–Crippen MR) is 77.8 cm³/mol. The van der Waals surface area contributed by atoms with Crippen LogP contribution in [0.5, 0.6) is 0 Å². The van der Waals surface area contributed by atoms with E-state index in [0.717, 1.165) is 5.56 Å². The molecule has 21 heavy (non-hydrogen) atoms. The number of esters is 1. The zero-order valence-corrected chi connectivity index (χ0v) is 11.9. The van der Waals surface area contributed by atoms with Gasteiger partial charge < -0.3 is 10.1 Å². The van der Waals surface area contributed by atoms with Gasteiger partial charge in [-0.15, -0.1) is 0 Å². The largest absolute Gasteiger partial charge is 0.463 e. The molecular formula is C15H16N4O2. The molecule has 0 fully saturated rings. The summed E-state index contributed by atoms with van der Waals surface area (Å²) in [6.07, 6.45) is 1.82. The van der Waals surface area contributed by atoms with Crippen LogP contribution < -0.4 is 10.6 Å². The fraction of sp³-hybridized carbons (Fsp3) is 0.267. The lowest BCUT2D eigenvalue weighted by atomic mass is 9.96. The van der Waals surface area contributed by atoms with Crippen molar-refractivity contribution in [3.63, 3.8) is 0 Å². The highest BCUT2D eigenvalue weighted by Gasteiger charge is 2.30. The highest BCUT2D eigenvalue weighted by molar-refractivity contribution is 5.95. The number of carbonyl (C=O) groups excluding carboxylic acids is 1. The molecule has 1 heterocycles. The summed E-state index contributed by atoms with van der Waals surface area (Å²) in [6, 6.07) is 8.92. The molecule has 0 amide bonds. The van der Waals surface area contributed by atoms with Crippen LogP contribution in [-0.4, -0.2) is 18.5 Å². The van der Waals surface area contributed by atoms with Crippen molar-refractivity contribution in [3.8, 4) is 6.19 Å². The van der Waals surface area contributed by atoms with Crippen molar-refractivity contribution < 1.29 is 9.53 Å². The molecule has 0 aliphatic carbocycles. The number of guanidine groups is 1. The first-order chi connectivity index (χ1) is 10.2. The number of allylic oxidation sites excluding steroid dienone is 1. The van der Waals surface area contributed by atoms with Gasteiger partial charge in [0.05, 0.1) is 12.2 Å².